The maximum Gasteiger partial charge on any atom is 0.0543 e. The molecule has 2 heteroatoms. The minimum Gasteiger partial charge on any atom is -0.393 e. The largest absolute Gasteiger partial charge is 0.393 e. The van der Waals surface area contributed by atoms with Crippen LogP contribution in [0.5, 0.6) is 0 Å². The summed E-state index contributed by atoms with van der Waals surface area (Å²) in [6.45, 7) is 8.24. The summed E-state index contributed by atoms with van der Waals surface area (Å²) in [7, 11) is 0. The van der Waals surface area contributed by atoms with Crippen molar-refractivity contribution in [2.75, 3.05) is 6.54 Å². The van der Waals surface area contributed by atoms with Crippen molar-refractivity contribution in [2.24, 2.45) is 17.3 Å². The molecule has 0 aliphatic heterocycles. The van der Waals surface area contributed by atoms with Gasteiger partial charge in [0.15, 0.2) is 0 Å². The van der Waals surface area contributed by atoms with Gasteiger partial charge in [0, 0.05) is 6.04 Å². The topological polar surface area (TPSA) is 32.3 Å². The fraction of sp³-hybridized carbons (Fsp3) is 1.00. The molecule has 0 aromatic heterocycles. The molecule has 2 saturated carbocycles. The monoisotopic (exact) mass is 225 g/mol. The van der Waals surface area contributed by atoms with Crippen LogP contribution in [-0.2, 0) is 0 Å². The number of rotatable bonds is 3. The average molecular weight is 225 g/mol. The third kappa shape index (κ3) is 2.98. The van der Waals surface area contributed by atoms with Crippen molar-refractivity contribution in [1.29, 1.82) is 0 Å². The number of aliphatic hydroxyl groups excluding tert-OH is 1. The number of hydrogen-bond acceptors (Lipinski definition) is 2. The molecule has 2 aliphatic rings. The van der Waals surface area contributed by atoms with Crippen LogP contribution in [-0.4, -0.2) is 23.8 Å². The van der Waals surface area contributed by atoms with Gasteiger partial charge in [0.25, 0.3) is 0 Å². The molecule has 2 aliphatic carbocycles. The molecule has 16 heavy (non-hydrogen) atoms. The molecule has 0 radical (unpaired) electrons. The molecule has 2 nitrogen and oxygen atoms in total. The molecule has 2 fully saturated rings. The summed E-state index contributed by atoms with van der Waals surface area (Å²) in [5.74, 6) is 1.52. The van der Waals surface area contributed by atoms with Crippen molar-refractivity contribution in [2.45, 2.75) is 65.0 Å². The fourth-order valence-corrected chi connectivity index (χ4v) is 3.72. The molecule has 4 atom stereocenters. The van der Waals surface area contributed by atoms with E-state index in [-0.39, 0.29) is 6.10 Å². The maximum absolute atomic E-state index is 9.50. The van der Waals surface area contributed by atoms with Gasteiger partial charge in [-0.05, 0) is 55.9 Å². The lowest BCUT2D eigenvalue weighted by Crippen LogP contribution is -2.35. The molecular formula is C14H27NO. The second-order valence-corrected chi connectivity index (χ2v) is 6.90. The minimum atomic E-state index is -0.0238. The summed E-state index contributed by atoms with van der Waals surface area (Å²) in [4.78, 5) is 0. The Morgan fingerprint density at radius 1 is 1.25 bits per heavy atom. The normalized spacial score (nSPS) is 42.8. The molecular weight excluding hydrogens is 198 g/mol. The lowest BCUT2D eigenvalue weighted by atomic mass is 9.91. The van der Waals surface area contributed by atoms with Crippen molar-refractivity contribution in [3.05, 3.63) is 0 Å². The second-order valence-electron chi connectivity index (χ2n) is 6.90. The average Bonchev–Trinajstić information content (AvgIpc) is 2.67. The van der Waals surface area contributed by atoms with Crippen LogP contribution in [0.4, 0.5) is 0 Å². The van der Waals surface area contributed by atoms with Gasteiger partial charge < -0.3 is 10.4 Å². The molecule has 0 heterocycles. The van der Waals surface area contributed by atoms with Crippen LogP contribution in [0.3, 0.4) is 0 Å². The van der Waals surface area contributed by atoms with Gasteiger partial charge in [0.05, 0.1) is 6.10 Å². The first-order chi connectivity index (χ1) is 7.46. The third-order valence-corrected chi connectivity index (χ3v) is 4.52. The molecule has 4 unspecified atom stereocenters. The highest BCUT2D eigenvalue weighted by atomic mass is 16.3. The lowest BCUT2D eigenvalue weighted by molar-refractivity contribution is 0.176. The first kappa shape index (κ1) is 12.4. The highest BCUT2D eigenvalue weighted by molar-refractivity contribution is 4.91. The van der Waals surface area contributed by atoms with Gasteiger partial charge in [-0.1, -0.05) is 20.8 Å². The summed E-state index contributed by atoms with van der Waals surface area (Å²) in [5, 5.41) is 13.2. The Hall–Kier alpha value is -0.0800. The van der Waals surface area contributed by atoms with Crippen LogP contribution < -0.4 is 5.32 Å². The van der Waals surface area contributed by atoms with Gasteiger partial charge >= 0.3 is 0 Å². The van der Waals surface area contributed by atoms with Crippen LogP contribution in [0.15, 0.2) is 0 Å². The Morgan fingerprint density at radius 3 is 2.50 bits per heavy atom. The minimum absolute atomic E-state index is 0.0238. The van der Waals surface area contributed by atoms with Gasteiger partial charge in [0.1, 0.15) is 0 Å². The Balaban J connectivity index is 1.74. The van der Waals surface area contributed by atoms with Crippen LogP contribution in [0.1, 0.15) is 52.9 Å². The van der Waals surface area contributed by atoms with E-state index in [0.717, 1.165) is 25.3 Å². The van der Waals surface area contributed by atoms with E-state index in [4.69, 9.17) is 0 Å². The molecule has 0 aromatic rings. The van der Waals surface area contributed by atoms with E-state index in [1.54, 1.807) is 0 Å². The SMILES string of the molecule is CC1CC(C)(C)CC1NCC1CCC(O)C1. The van der Waals surface area contributed by atoms with Gasteiger partial charge in [-0.25, -0.2) is 0 Å². The zero-order valence-electron chi connectivity index (χ0n) is 11.0. The van der Waals surface area contributed by atoms with Crippen molar-refractivity contribution in [3.63, 3.8) is 0 Å². The smallest absolute Gasteiger partial charge is 0.0543 e. The van der Waals surface area contributed by atoms with Crippen LogP contribution >= 0.6 is 0 Å². The first-order valence-corrected chi connectivity index (χ1v) is 6.88. The number of hydrogen-bond donors (Lipinski definition) is 2. The number of nitrogens with one attached hydrogen (secondary N) is 1. The second kappa shape index (κ2) is 4.66. The summed E-state index contributed by atoms with van der Waals surface area (Å²) in [6, 6.07) is 0.702. The van der Waals surface area contributed by atoms with Crippen molar-refractivity contribution in [1.82, 2.24) is 5.32 Å². The van der Waals surface area contributed by atoms with Crippen LogP contribution in [0.25, 0.3) is 0 Å². The van der Waals surface area contributed by atoms with Crippen LogP contribution in [0, 0.1) is 17.3 Å². The Labute approximate surface area is 99.8 Å². The summed E-state index contributed by atoms with van der Waals surface area (Å²) in [5.41, 5.74) is 0.520. The maximum atomic E-state index is 9.50. The highest BCUT2D eigenvalue weighted by Gasteiger charge is 2.36. The van der Waals surface area contributed by atoms with E-state index >= 15 is 0 Å². The van der Waals surface area contributed by atoms with Gasteiger partial charge in [0.2, 0.25) is 0 Å². The van der Waals surface area contributed by atoms with Gasteiger partial charge in [-0.15, -0.1) is 0 Å². The highest BCUT2D eigenvalue weighted by Crippen LogP contribution is 2.41. The Bertz CT molecular complexity index is 239. The van der Waals surface area contributed by atoms with Crippen molar-refractivity contribution >= 4 is 0 Å². The molecule has 0 aromatic carbocycles. The van der Waals surface area contributed by atoms with E-state index in [2.05, 4.69) is 26.1 Å². The van der Waals surface area contributed by atoms with Gasteiger partial charge in [-0.3, -0.25) is 0 Å². The molecule has 94 valence electrons. The molecule has 0 saturated heterocycles. The van der Waals surface area contributed by atoms with E-state index < -0.39 is 0 Å². The zero-order valence-corrected chi connectivity index (χ0v) is 11.0. The van der Waals surface area contributed by atoms with E-state index in [1.165, 1.54) is 19.3 Å². The zero-order chi connectivity index (χ0) is 11.8. The standard InChI is InChI=1S/C14H27NO/c1-10-7-14(2,3)8-13(10)15-9-11-4-5-12(16)6-11/h10-13,15-16H,4-9H2,1-3H3. The quantitative estimate of drug-likeness (QED) is 0.773. The predicted octanol–water partition coefficient (Wildman–Crippen LogP) is 2.56. The third-order valence-electron chi connectivity index (χ3n) is 4.52. The molecule has 0 bridgehead atoms. The fourth-order valence-electron chi connectivity index (χ4n) is 3.72. The number of aliphatic hydroxyl groups is 1. The molecule has 0 amide bonds. The Morgan fingerprint density at radius 2 is 2.00 bits per heavy atom. The summed E-state index contributed by atoms with van der Waals surface area (Å²) >= 11 is 0. The first-order valence-electron chi connectivity index (χ1n) is 6.88. The van der Waals surface area contributed by atoms with E-state index in [0.29, 0.717) is 17.4 Å². The van der Waals surface area contributed by atoms with Crippen LogP contribution in [0.2, 0.25) is 0 Å². The predicted molar refractivity (Wildman–Crippen MR) is 67.3 cm³/mol. The van der Waals surface area contributed by atoms with E-state index in [1.807, 2.05) is 0 Å². The van der Waals surface area contributed by atoms with Crippen molar-refractivity contribution in [3.8, 4) is 0 Å². The summed E-state index contributed by atoms with van der Waals surface area (Å²) < 4.78 is 0. The molecule has 2 rings (SSSR count). The molecule has 0 spiro atoms. The molecule has 2 N–H and O–H groups in total. The Kier molecular flexibility index (Phi) is 3.60. The van der Waals surface area contributed by atoms with Crippen molar-refractivity contribution < 1.29 is 5.11 Å². The van der Waals surface area contributed by atoms with E-state index in [9.17, 15) is 5.11 Å². The lowest BCUT2D eigenvalue weighted by Gasteiger charge is -2.20. The van der Waals surface area contributed by atoms with Gasteiger partial charge in [-0.2, -0.15) is 0 Å². The summed E-state index contributed by atoms with van der Waals surface area (Å²) in [6.07, 6.45) is 5.86.